The molecule has 0 radical (unpaired) electrons. The van der Waals surface area contributed by atoms with Crippen LogP contribution in [0, 0.1) is 5.82 Å². The Hall–Kier alpha value is -1.15. The highest BCUT2D eigenvalue weighted by atomic mass is 35.5. The van der Waals surface area contributed by atoms with Crippen LogP contribution in [0.15, 0.2) is 29.8 Å². The second kappa shape index (κ2) is 4.15. The Kier molecular flexibility index (Phi) is 2.87. The number of carbonyl (C=O) groups excluding carboxylic acids is 1. The largest absolute Gasteiger partial charge is 0.289 e. The minimum Gasteiger partial charge on any atom is -0.289 e. The highest BCUT2D eigenvalue weighted by molar-refractivity contribution is 6.30. The third kappa shape index (κ3) is 2.10. The van der Waals surface area contributed by atoms with E-state index in [2.05, 4.69) is 0 Å². The number of rotatable bonds is 2. The van der Waals surface area contributed by atoms with Crippen molar-refractivity contribution in [3.05, 3.63) is 46.3 Å². The van der Waals surface area contributed by atoms with E-state index in [-0.39, 0.29) is 10.8 Å². The van der Waals surface area contributed by atoms with Gasteiger partial charge in [-0.3, -0.25) is 4.79 Å². The second-order valence-corrected chi connectivity index (χ2v) is 3.99. The monoisotopic (exact) mass is 224 g/mol. The van der Waals surface area contributed by atoms with Crippen LogP contribution in [-0.2, 0) is 0 Å². The lowest BCUT2D eigenvalue weighted by molar-refractivity contribution is 0.103. The molecule has 1 nitrogen and oxygen atoms in total. The smallest absolute Gasteiger partial charge is 0.188 e. The van der Waals surface area contributed by atoms with Gasteiger partial charge in [0.25, 0.3) is 0 Å². The minimum absolute atomic E-state index is 0.0481. The zero-order valence-electron chi connectivity index (χ0n) is 8.09. The van der Waals surface area contributed by atoms with Crippen LogP contribution in [0.4, 0.5) is 4.39 Å². The Labute approximate surface area is 92.6 Å². The number of allylic oxidation sites excluding steroid dienone is 2. The summed E-state index contributed by atoms with van der Waals surface area (Å²) in [6.45, 7) is 0. The quantitative estimate of drug-likeness (QED) is 0.699. The molecule has 0 bridgehead atoms. The van der Waals surface area contributed by atoms with Crippen molar-refractivity contribution in [1.29, 1.82) is 0 Å². The molecule has 1 aliphatic carbocycles. The molecule has 0 saturated heterocycles. The van der Waals surface area contributed by atoms with Gasteiger partial charge in [0.05, 0.1) is 5.02 Å². The number of ketones is 1. The Balaban J connectivity index is 2.29. The van der Waals surface area contributed by atoms with E-state index >= 15 is 0 Å². The lowest BCUT2D eigenvalue weighted by Gasteiger charge is -2.02. The summed E-state index contributed by atoms with van der Waals surface area (Å²) in [5.41, 5.74) is 1.17. The molecule has 0 atom stereocenters. The van der Waals surface area contributed by atoms with Crippen LogP contribution in [0.2, 0.25) is 5.02 Å². The first kappa shape index (κ1) is 10.4. The van der Waals surface area contributed by atoms with Gasteiger partial charge in [0.2, 0.25) is 0 Å². The summed E-state index contributed by atoms with van der Waals surface area (Å²) in [4.78, 5) is 11.8. The maximum absolute atomic E-state index is 13.1. The maximum Gasteiger partial charge on any atom is 0.188 e. The van der Waals surface area contributed by atoms with E-state index in [9.17, 15) is 9.18 Å². The molecular formula is C12H10ClFO. The Morgan fingerprint density at radius 2 is 2.20 bits per heavy atom. The van der Waals surface area contributed by atoms with Crippen molar-refractivity contribution in [2.75, 3.05) is 0 Å². The van der Waals surface area contributed by atoms with Crippen LogP contribution >= 0.6 is 11.6 Å². The van der Waals surface area contributed by atoms with Crippen LogP contribution in [0.3, 0.4) is 0 Å². The van der Waals surface area contributed by atoms with E-state index in [0.29, 0.717) is 5.56 Å². The minimum atomic E-state index is -0.541. The standard InChI is InChI=1S/C12H10ClFO/c13-10-6-5-9(7-11(10)14)12(15)8-3-1-2-4-8/h3,5-7H,1-2,4H2. The molecule has 0 heterocycles. The SMILES string of the molecule is O=C(C1=CCCC1)c1ccc(Cl)c(F)c1. The summed E-state index contributed by atoms with van der Waals surface area (Å²) in [5.74, 6) is -0.621. The molecule has 0 amide bonds. The number of carbonyl (C=O) groups is 1. The molecule has 0 aromatic heterocycles. The number of benzene rings is 1. The molecule has 0 spiro atoms. The molecule has 1 aliphatic rings. The van der Waals surface area contributed by atoms with Crippen molar-refractivity contribution in [1.82, 2.24) is 0 Å². The van der Waals surface area contributed by atoms with Crippen molar-refractivity contribution in [2.45, 2.75) is 19.3 Å². The van der Waals surface area contributed by atoms with Crippen molar-refractivity contribution < 1.29 is 9.18 Å². The molecule has 0 aliphatic heterocycles. The molecule has 0 N–H and O–H groups in total. The molecule has 0 saturated carbocycles. The zero-order chi connectivity index (χ0) is 10.8. The van der Waals surface area contributed by atoms with E-state index < -0.39 is 5.82 Å². The van der Waals surface area contributed by atoms with Gasteiger partial charge in [-0.1, -0.05) is 17.7 Å². The van der Waals surface area contributed by atoms with Gasteiger partial charge in [-0.2, -0.15) is 0 Å². The average molecular weight is 225 g/mol. The van der Waals surface area contributed by atoms with Crippen LogP contribution in [0.5, 0.6) is 0 Å². The number of halogens is 2. The van der Waals surface area contributed by atoms with Gasteiger partial charge in [-0.15, -0.1) is 0 Å². The van der Waals surface area contributed by atoms with Crippen molar-refractivity contribution in [2.24, 2.45) is 0 Å². The maximum atomic E-state index is 13.1. The fourth-order valence-corrected chi connectivity index (χ4v) is 1.82. The fraction of sp³-hybridized carbons (Fsp3) is 0.250. The molecule has 15 heavy (non-hydrogen) atoms. The summed E-state index contributed by atoms with van der Waals surface area (Å²) < 4.78 is 13.1. The van der Waals surface area contributed by atoms with E-state index in [0.717, 1.165) is 24.8 Å². The third-order valence-corrected chi connectivity index (χ3v) is 2.82. The molecular weight excluding hydrogens is 215 g/mol. The average Bonchev–Trinajstić information content (AvgIpc) is 2.74. The van der Waals surface area contributed by atoms with Gasteiger partial charge in [0.1, 0.15) is 5.82 Å². The van der Waals surface area contributed by atoms with Crippen LogP contribution in [0.25, 0.3) is 0 Å². The molecule has 3 heteroatoms. The van der Waals surface area contributed by atoms with Gasteiger partial charge in [-0.25, -0.2) is 4.39 Å². The summed E-state index contributed by atoms with van der Waals surface area (Å²) in [6.07, 6.45) is 4.67. The van der Waals surface area contributed by atoms with Crippen LogP contribution in [-0.4, -0.2) is 5.78 Å². The third-order valence-electron chi connectivity index (χ3n) is 2.51. The van der Waals surface area contributed by atoms with Crippen molar-refractivity contribution in [3.63, 3.8) is 0 Å². The number of hydrogen-bond donors (Lipinski definition) is 0. The highest BCUT2D eigenvalue weighted by Gasteiger charge is 2.16. The van der Waals surface area contributed by atoms with Crippen molar-refractivity contribution >= 4 is 17.4 Å². The van der Waals surface area contributed by atoms with Crippen LogP contribution < -0.4 is 0 Å². The lowest BCUT2D eigenvalue weighted by Crippen LogP contribution is -2.02. The van der Waals surface area contributed by atoms with Gasteiger partial charge < -0.3 is 0 Å². The van der Waals surface area contributed by atoms with Crippen LogP contribution in [0.1, 0.15) is 29.6 Å². The number of Topliss-reactive ketones (excluding diaryl/α,β-unsaturated/α-hetero) is 1. The first-order valence-electron chi connectivity index (χ1n) is 4.87. The number of hydrogen-bond acceptors (Lipinski definition) is 1. The summed E-state index contributed by atoms with van der Waals surface area (Å²) >= 11 is 5.54. The Morgan fingerprint density at radius 1 is 1.40 bits per heavy atom. The second-order valence-electron chi connectivity index (χ2n) is 3.58. The first-order chi connectivity index (χ1) is 7.18. The topological polar surface area (TPSA) is 17.1 Å². The van der Waals surface area contributed by atoms with Gasteiger partial charge >= 0.3 is 0 Å². The Morgan fingerprint density at radius 3 is 2.80 bits per heavy atom. The first-order valence-corrected chi connectivity index (χ1v) is 5.25. The normalized spacial score (nSPS) is 15.2. The van der Waals surface area contributed by atoms with Gasteiger partial charge in [0, 0.05) is 5.56 Å². The zero-order valence-corrected chi connectivity index (χ0v) is 8.85. The van der Waals surface area contributed by atoms with Gasteiger partial charge in [0.15, 0.2) is 5.78 Å². The van der Waals surface area contributed by atoms with Crippen molar-refractivity contribution in [3.8, 4) is 0 Å². The summed E-state index contributed by atoms with van der Waals surface area (Å²) in [7, 11) is 0. The van der Waals surface area contributed by atoms with E-state index in [4.69, 9.17) is 11.6 Å². The Bertz CT molecular complexity index is 437. The molecule has 2 rings (SSSR count). The van der Waals surface area contributed by atoms with E-state index in [1.807, 2.05) is 6.08 Å². The predicted molar refractivity (Wildman–Crippen MR) is 57.7 cm³/mol. The highest BCUT2D eigenvalue weighted by Crippen LogP contribution is 2.23. The molecule has 0 fully saturated rings. The van der Waals surface area contributed by atoms with E-state index in [1.54, 1.807) is 6.07 Å². The summed E-state index contributed by atoms with van der Waals surface area (Å²) in [6, 6.07) is 4.18. The predicted octanol–water partition coefficient (Wildman–Crippen LogP) is 3.77. The molecule has 0 unspecified atom stereocenters. The molecule has 1 aromatic rings. The molecule has 78 valence electrons. The summed E-state index contributed by atoms with van der Waals surface area (Å²) in [5, 5.41) is 0.0481. The van der Waals surface area contributed by atoms with E-state index in [1.165, 1.54) is 12.1 Å². The lowest BCUT2D eigenvalue weighted by atomic mass is 10.0. The fourth-order valence-electron chi connectivity index (χ4n) is 1.70. The van der Waals surface area contributed by atoms with Gasteiger partial charge in [-0.05, 0) is 43.0 Å². The molecule has 1 aromatic carbocycles.